The number of amidine groups is 1. The minimum atomic E-state index is -3.39. The predicted octanol–water partition coefficient (Wildman–Crippen LogP) is 2.89. The van der Waals surface area contributed by atoms with E-state index in [-0.39, 0.29) is 24.4 Å². The molecule has 2 unspecified atom stereocenters. The summed E-state index contributed by atoms with van der Waals surface area (Å²) < 4.78 is 45.0. The Kier molecular flexibility index (Phi) is 8.08. The molecule has 0 amide bonds. The van der Waals surface area contributed by atoms with E-state index >= 15 is 4.39 Å². The van der Waals surface area contributed by atoms with E-state index in [0.29, 0.717) is 6.42 Å². The monoisotopic (exact) mass is 460 g/mol. The highest BCUT2D eigenvalue weighted by Crippen LogP contribution is 2.48. The maximum absolute atomic E-state index is 15.5. The van der Waals surface area contributed by atoms with Gasteiger partial charge in [-0.3, -0.25) is 9.36 Å². The van der Waals surface area contributed by atoms with Gasteiger partial charge in [0.15, 0.2) is 12.4 Å². The van der Waals surface area contributed by atoms with Gasteiger partial charge >= 0.3 is 5.97 Å². The number of hydrogen-bond acceptors (Lipinski definition) is 8. The molecule has 2 aliphatic rings. The summed E-state index contributed by atoms with van der Waals surface area (Å²) >= 11 is 0. The molecule has 9 nitrogen and oxygen atoms in total. The fourth-order valence-corrected chi connectivity index (χ4v) is 4.76. The second-order valence-corrected chi connectivity index (χ2v) is 10.6. The first kappa shape index (κ1) is 25.5. The molecular weight excluding hydrogens is 426 g/mol. The molecule has 2 rings (SSSR count). The molecule has 0 aromatic heterocycles. The van der Waals surface area contributed by atoms with Crippen LogP contribution in [-0.4, -0.2) is 60.6 Å². The van der Waals surface area contributed by atoms with Gasteiger partial charge < -0.3 is 24.6 Å². The Bertz CT molecular complexity index is 804. The van der Waals surface area contributed by atoms with Crippen LogP contribution >= 0.6 is 7.52 Å². The average Bonchev–Trinajstić information content (AvgIpc) is 2.91. The molecule has 1 fully saturated rings. The first-order valence-corrected chi connectivity index (χ1v) is 12.4. The Balaban J connectivity index is 2.06. The first-order valence-electron chi connectivity index (χ1n) is 10.3. The highest BCUT2D eigenvalue weighted by atomic mass is 31.2. The quantitative estimate of drug-likeness (QED) is 0.399. The van der Waals surface area contributed by atoms with Gasteiger partial charge in [-0.05, 0) is 33.3 Å². The van der Waals surface area contributed by atoms with Crippen molar-refractivity contribution in [2.24, 2.45) is 16.1 Å². The van der Waals surface area contributed by atoms with Crippen molar-refractivity contribution < 1.29 is 27.7 Å². The van der Waals surface area contributed by atoms with Gasteiger partial charge in [0.05, 0.1) is 18.8 Å². The summed E-state index contributed by atoms with van der Waals surface area (Å²) in [5, 5.41) is 2.67. The Hall–Kier alpha value is -1.74. The van der Waals surface area contributed by atoms with Crippen LogP contribution in [0.3, 0.4) is 0 Å². The van der Waals surface area contributed by atoms with Crippen LogP contribution in [-0.2, 0) is 23.4 Å². The van der Waals surface area contributed by atoms with Crippen LogP contribution in [0.25, 0.3) is 0 Å². The van der Waals surface area contributed by atoms with Gasteiger partial charge in [0.2, 0.25) is 0 Å². The van der Waals surface area contributed by atoms with Gasteiger partial charge in [0.1, 0.15) is 17.7 Å². The SMILES string of the molecule is C=C1N=C(N)C=CN1[C@@H]1O[C@H](COP(C)(=O)N[C@@H](C)C(=O)OC(C)C)[C@](C)(CC)C1F. The maximum atomic E-state index is 15.5. The molecule has 11 heteroatoms. The Morgan fingerprint density at radius 1 is 1.52 bits per heavy atom. The topological polar surface area (TPSA) is 115 Å². The minimum Gasteiger partial charge on any atom is -0.462 e. The molecule has 1 saturated heterocycles. The second-order valence-electron chi connectivity index (χ2n) is 8.43. The number of hydrogen-bond donors (Lipinski definition) is 2. The van der Waals surface area contributed by atoms with E-state index in [1.807, 2.05) is 6.92 Å². The number of halogens is 1. The summed E-state index contributed by atoms with van der Waals surface area (Å²) in [6.45, 7) is 13.7. The lowest BCUT2D eigenvalue weighted by molar-refractivity contribution is -0.149. The highest BCUT2D eigenvalue weighted by Gasteiger charge is 2.55. The van der Waals surface area contributed by atoms with E-state index in [1.54, 1.807) is 40.0 Å². The summed E-state index contributed by atoms with van der Waals surface area (Å²) in [6, 6.07) is -0.827. The second kappa shape index (κ2) is 9.81. The summed E-state index contributed by atoms with van der Waals surface area (Å²) in [5.41, 5.74) is 4.77. The summed E-state index contributed by atoms with van der Waals surface area (Å²) in [4.78, 5) is 17.5. The Morgan fingerprint density at radius 3 is 2.71 bits per heavy atom. The van der Waals surface area contributed by atoms with E-state index in [0.717, 1.165) is 0 Å². The van der Waals surface area contributed by atoms with Gasteiger partial charge in [-0.25, -0.2) is 14.5 Å². The van der Waals surface area contributed by atoms with E-state index < -0.39 is 43.4 Å². The van der Waals surface area contributed by atoms with Gasteiger partial charge in [-0.1, -0.05) is 20.4 Å². The van der Waals surface area contributed by atoms with Crippen molar-refractivity contribution in [1.82, 2.24) is 9.99 Å². The van der Waals surface area contributed by atoms with Crippen molar-refractivity contribution in [3.05, 3.63) is 24.7 Å². The van der Waals surface area contributed by atoms with Crippen molar-refractivity contribution in [2.75, 3.05) is 13.3 Å². The predicted molar refractivity (Wildman–Crippen MR) is 117 cm³/mol. The highest BCUT2D eigenvalue weighted by molar-refractivity contribution is 7.56. The summed E-state index contributed by atoms with van der Waals surface area (Å²) in [5.74, 6) is 0.0131. The van der Waals surface area contributed by atoms with Crippen molar-refractivity contribution in [1.29, 1.82) is 0 Å². The van der Waals surface area contributed by atoms with Crippen LogP contribution in [0, 0.1) is 5.41 Å². The number of rotatable bonds is 9. The average molecular weight is 460 g/mol. The molecule has 2 heterocycles. The zero-order valence-corrected chi connectivity index (χ0v) is 19.9. The number of nitrogens with zero attached hydrogens (tertiary/aromatic N) is 2. The molecule has 6 atom stereocenters. The molecule has 0 aromatic carbocycles. The third-order valence-electron chi connectivity index (χ3n) is 5.52. The van der Waals surface area contributed by atoms with Crippen molar-refractivity contribution in [3.63, 3.8) is 0 Å². The van der Waals surface area contributed by atoms with Gasteiger partial charge in [0.25, 0.3) is 7.52 Å². The number of nitrogens with one attached hydrogen (secondary N) is 1. The number of esters is 1. The normalized spacial score (nSPS) is 31.5. The molecule has 0 radical (unpaired) electrons. The number of aliphatic imine (C=N–C) groups is 1. The van der Waals surface area contributed by atoms with Crippen molar-refractivity contribution >= 4 is 19.3 Å². The summed E-state index contributed by atoms with van der Waals surface area (Å²) in [7, 11) is -3.39. The van der Waals surface area contributed by atoms with E-state index in [9.17, 15) is 9.36 Å². The molecule has 0 saturated carbocycles. The number of nitrogens with two attached hydrogens (primary N) is 1. The van der Waals surface area contributed by atoms with Gasteiger partial charge in [-0.2, -0.15) is 0 Å². The molecule has 176 valence electrons. The van der Waals surface area contributed by atoms with Crippen LogP contribution in [0.5, 0.6) is 0 Å². The third kappa shape index (κ3) is 5.94. The van der Waals surface area contributed by atoms with Crippen LogP contribution in [0.2, 0.25) is 0 Å². The lowest BCUT2D eigenvalue weighted by atomic mass is 9.79. The molecule has 3 N–H and O–H groups in total. The lowest BCUT2D eigenvalue weighted by Gasteiger charge is -2.32. The molecule has 2 aliphatic heterocycles. The molecule has 0 aromatic rings. The zero-order chi connectivity index (χ0) is 23.6. The van der Waals surface area contributed by atoms with E-state index in [2.05, 4.69) is 16.7 Å². The standard InChI is InChI=1S/C20H34FN4O5P/c1-8-20(6)15(11-28-31(7,27)24-13(4)19(26)29-12(2)3)30-18(17(20)21)25-10-9-16(22)23-14(25)5/h9-10,12-13,15,17-18H,5,8,11H2,1-4,6-7H3,(H2,22,23)(H,24,27)/t13-,15+,17?,18+,20-,31?/m0/s1. The van der Waals surface area contributed by atoms with E-state index in [1.165, 1.54) is 11.6 Å². The van der Waals surface area contributed by atoms with Gasteiger partial charge in [-0.15, -0.1) is 0 Å². The Morgan fingerprint density at radius 2 is 2.16 bits per heavy atom. The molecule has 31 heavy (non-hydrogen) atoms. The maximum Gasteiger partial charge on any atom is 0.323 e. The number of alkyl halides is 1. The van der Waals surface area contributed by atoms with Crippen LogP contribution in [0.4, 0.5) is 4.39 Å². The lowest BCUT2D eigenvalue weighted by Crippen LogP contribution is -2.42. The fraction of sp³-hybridized carbons (Fsp3) is 0.700. The van der Waals surface area contributed by atoms with Crippen molar-refractivity contribution in [3.8, 4) is 0 Å². The van der Waals surface area contributed by atoms with Crippen molar-refractivity contribution in [2.45, 2.75) is 71.7 Å². The number of carbonyl (C=O) groups is 1. The molecule has 0 spiro atoms. The minimum absolute atomic E-state index is 0.122. The zero-order valence-electron chi connectivity index (χ0n) is 19.0. The summed E-state index contributed by atoms with van der Waals surface area (Å²) in [6.07, 6.45) is 0.258. The first-order chi connectivity index (χ1) is 14.3. The van der Waals surface area contributed by atoms with Crippen LogP contribution in [0.15, 0.2) is 29.7 Å². The smallest absolute Gasteiger partial charge is 0.323 e. The molecule has 0 bridgehead atoms. The fourth-order valence-electron chi connectivity index (χ4n) is 3.46. The largest absolute Gasteiger partial charge is 0.462 e. The number of ether oxygens (including phenoxy) is 2. The number of carbonyl (C=O) groups excluding carboxylic acids is 1. The Labute approximate surface area is 183 Å². The van der Waals surface area contributed by atoms with Crippen LogP contribution < -0.4 is 10.8 Å². The van der Waals surface area contributed by atoms with Crippen LogP contribution in [0.1, 0.15) is 41.0 Å². The van der Waals surface area contributed by atoms with Gasteiger partial charge in [0, 0.05) is 18.3 Å². The third-order valence-corrected chi connectivity index (χ3v) is 7.02. The van der Waals surface area contributed by atoms with E-state index in [4.69, 9.17) is 19.7 Å². The molecular formula is C20H34FN4O5P. The molecule has 0 aliphatic carbocycles.